The number of hydrogen-bond acceptors (Lipinski definition) is 6. The van der Waals surface area contributed by atoms with Crippen molar-refractivity contribution in [2.45, 2.75) is 6.54 Å². The van der Waals surface area contributed by atoms with Gasteiger partial charge in [-0.25, -0.2) is 15.0 Å². The maximum absolute atomic E-state index is 6.06. The van der Waals surface area contributed by atoms with Crippen LogP contribution in [0.3, 0.4) is 0 Å². The second-order valence-corrected chi connectivity index (χ2v) is 4.76. The highest BCUT2D eigenvalue weighted by molar-refractivity contribution is 5.76. The summed E-state index contributed by atoms with van der Waals surface area (Å²) >= 11 is 0. The Labute approximate surface area is 128 Å². The lowest BCUT2D eigenvalue weighted by Gasteiger charge is -2.24. The fraction of sp³-hybridized carbons (Fsp3) is 0.0625. The number of benzene rings is 1. The van der Waals surface area contributed by atoms with Gasteiger partial charge < -0.3 is 16.4 Å². The molecule has 0 unspecified atom stereocenters. The molecule has 2 heterocycles. The Morgan fingerprint density at radius 3 is 2.36 bits per heavy atom. The normalized spacial score (nSPS) is 10.4. The highest BCUT2D eigenvalue weighted by Crippen LogP contribution is 2.30. The van der Waals surface area contributed by atoms with E-state index in [9.17, 15) is 0 Å². The van der Waals surface area contributed by atoms with E-state index in [0.717, 1.165) is 11.4 Å². The molecule has 6 nitrogen and oxygen atoms in total. The monoisotopic (exact) mass is 292 g/mol. The van der Waals surface area contributed by atoms with Crippen molar-refractivity contribution >= 4 is 23.1 Å². The van der Waals surface area contributed by atoms with E-state index in [4.69, 9.17) is 11.5 Å². The fourth-order valence-corrected chi connectivity index (χ4v) is 2.16. The molecule has 0 radical (unpaired) electrons. The predicted octanol–water partition coefficient (Wildman–Crippen LogP) is 2.37. The van der Waals surface area contributed by atoms with Crippen LogP contribution in [0, 0.1) is 0 Å². The molecule has 0 aliphatic rings. The van der Waals surface area contributed by atoms with Gasteiger partial charge >= 0.3 is 0 Å². The standard InChI is InChI=1S/C16H16N6/c17-14-15(18)20-11-21-16(14)22(13-8-4-5-9-19-13)10-12-6-2-1-3-7-12/h1-9,11H,10,17H2,(H2,18,20,21). The van der Waals surface area contributed by atoms with Crippen LogP contribution < -0.4 is 16.4 Å². The van der Waals surface area contributed by atoms with Crippen molar-refractivity contribution in [3.63, 3.8) is 0 Å². The molecular weight excluding hydrogens is 276 g/mol. The van der Waals surface area contributed by atoms with Crippen molar-refractivity contribution in [2.24, 2.45) is 0 Å². The van der Waals surface area contributed by atoms with Gasteiger partial charge in [0.25, 0.3) is 0 Å². The minimum atomic E-state index is 0.263. The molecule has 6 heteroatoms. The fourth-order valence-electron chi connectivity index (χ4n) is 2.16. The summed E-state index contributed by atoms with van der Waals surface area (Å²) in [6.07, 6.45) is 3.13. The zero-order valence-electron chi connectivity index (χ0n) is 11.9. The third-order valence-corrected chi connectivity index (χ3v) is 3.26. The van der Waals surface area contributed by atoms with E-state index >= 15 is 0 Å². The number of pyridine rings is 1. The molecule has 22 heavy (non-hydrogen) atoms. The smallest absolute Gasteiger partial charge is 0.163 e. The van der Waals surface area contributed by atoms with Crippen LogP contribution in [0.4, 0.5) is 23.1 Å². The first-order valence-electron chi connectivity index (χ1n) is 6.84. The van der Waals surface area contributed by atoms with Gasteiger partial charge in [-0.05, 0) is 17.7 Å². The largest absolute Gasteiger partial charge is 0.393 e. The Kier molecular flexibility index (Phi) is 3.82. The number of rotatable bonds is 4. The molecule has 110 valence electrons. The highest BCUT2D eigenvalue weighted by atomic mass is 15.2. The Bertz CT molecular complexity index is 745. The summed E-state index contributed by atoms with van der Waals surface area (Å²) in [6.45, 7) is 0.582. The van der Waals surface area contributed by atoms with Crippen molar-refractivity contribution in [1.82, 2.24) is 15.0 Å². The third-order valence-electron chi connectivity index (χ3n) is 3.26. The van der Waals surface area contributed by atoms with Crippen LogP contribution in [0.25, 0.3) is 0 Å². The second kappa shape index (κ2) is 6.09. The van der Waals surface area contributed by atoms with E-state index in [1.807, 2.05) is 53.4 Å². The summed E-state index contributed by atoms with van der Waals surface area (Å²) in [5.41, 5.74) is 13.3. The van der Waals surface area contributed by atoms with E-state index in [0.29, 0.717) is 18.1 Å². The number of nitrogen functional groups attached to an aromatic ring is 2. The molecule has 0 atom stereocenters. The number of nitrogens with zero attached hydrogens (tertiary/aromatic N) is 4. The lowest BCUT2D eigenvalue weighted by atomic mass is 10.2. The van der Waals surface area contributed by atoms with Crippen LogP contribution >= 0.6 is 0 Å². The Morgan fingerprint density at radius 1 is 0.864 bits per heavy atom. The van der Waals surface area contributed by atoms with Gasteiger partial charge in [-0.1, -0.05) is 36.4 Å². The van der Waals surface area contributed by atoms with E-state index < -0.39 is 0 Å². The number of anilines is 4. The Balaban J connectivity index is 2.05. The minimum absolute atomic E-state index is 0.263. The summed E-state index contributed by atoms with van der Waals surface area (Å²) in [4.78, 5) is 14.5. The molecule has 0 bridgehead atoms. The Morgan fingerprint density at radius 2 is 1.64 bits per heavy atom. The first kappa shape index (κ1) is 13.8. The predicted molar refractivity (Wildman–Crippen MR) is 87.4 cm³/mol. The number of nitrogens with two attached hydrogens (primary N) is 2. The first-order valence-corrected chi connectivity index (χ1v) is 6.84. The summed E-state index contributed by atoms with van der Waals surface area (Å²) in [5.74, 6) is 1.56. The number of hydrogen-bond donors (Lipinski definition) is 2. The first-order chi connectivity index (χ1) is 10.8. The molecule has 2 aromatic heterocycles. The zero-order chi connectivity index (χ0) is 15.4. The van der Waals surface area contributed by atoms with Crippen molar-refractivity contribution in [2.75, 3.05) is 16.4 Å². The summed E-state index contributed by atoms with van der Waals surface area (Å²) in [7, 11) is 0. The van der Waals surface area contributed by atoms with Crippen LogP contribution in [0.2, 0.25) is 0 Å². The average Bonchev–Trinajstić information content (AvgIpc) is 2.57. The van der Waals surface area contributed by atoms with E-state index in [1.165, 1.54) is 6.33 Å². The Hall–Kier alpha value is -3.15. The number of aromatic nitrogens is 3. The molecule has 0 aliphatic carbocycles. The molecule has 1 aromatic carbocycles. The van der Waals surface area contributed by atoms with Gasteiger partial charge in [0.1, 0.15) is 17.8 Å². The van der Waals surface area contributed by atoms with Gasteiger partial charge in [-0.15, -0.1) is 0 Å². The van der Waals surface area contributed by atoms with Crippen molar-refractivity contribution in [1.29, 1.82) is 0 Å². The molecule has 0 saturated carbocycles. The van der Waals surface area contributed by atoms with Gasteiger partial charge in [0.05, 0.1) is 6.54 Å². The molecule has 4 N–H and O–H groups in total. The topological polar surface area (TPSA) is 94.0 Å². The van der Waals surface area contributed by atoms with Crippen LogP contribution in [0.15, 0.2) is 61.1 Å². The highest BCUT2D eigenvalue weighted by Gasteiger charge is 2.17. The van der Waals surface area contributed by atoms with Gasteiger partial charge in [0.15, 0.2) is 11.6 Å². The molecule has 3 aromatic rings. The van der Waals surface area contributed by atoms with Crippen molar-refractivity contribution in [3.05, 3.63) is 66.6 Å². The van der Waals surface area contributed by atoms with E-state index in [1.54, 1.807) is 6.20 Å². The summed E-state index contributed by atoms with van der Waals surface area (Å²) in [6, 6.07) is 15.7. The molecule has 0 fully saturated rings. The molecular formula is C16H16N6. The van der Waals surface area contributed by atoms with E-state index in [2.05, 4.69) is 15.0 Å². The SMILES string of the molecule is Nc1ncnc(N(Cc2ccccc2)c2ccccn2)c1N. The second-order valence-electron chi connectivity index (χ2n) is 4.76. The molecule has 0 saturated heterocycles. The van der Waals surface area contributed by atoms with Gasteiger partial charge in [0, 0.05) is 6.20 Å². The van der Waals surface area contributed by atoms with Crippen LogP contribution in [-0.2, 0) is 6.54 Å². The third kappa shape index (κ3) is 2.80. The maximum Gasteiger partial charge on any atom is 0.163 e. The van der Waals surface area contributed by atoms with Crippen LogP contribution in [0.5, 0.6) is 0 Å². The minimum Gasteiger partial charge on any atom is -0.393 e. The average molecular weight is 292 g/mol. The molecule has 0 amide bonds. The lowest BCUT2D eigenvalue weighted by Crippen LogP contribution is -2.21. The zero-order valence-corrected chi connectivity index (χ0v) is 11.9. The van der Waals surface area contributed by atoms with Crippen LogP contribution in [-0.4, -0.2) is 15.0 Å². The van der Waals surface area contributed by atoms with Crippen molar-refractivity contribution < 1.29 is 0 Å². The van der Waals surface area contributed by atoms with Gasteiger partial charge in [0.2, 0.25) is 0 Å². The quantitative estimate of drug-likeness (QED) is 0.766. The van der Waals surface area contributed by atoms with Crippen LogP contribution in [0.1, 0.15) is 5.56 Å². The lowest BCUT2D eigenvalue weighted by molar-refractivity contribution is 0.919. The molecule has 0 aliphatic heterocycles. The maximum atomic E-state index is 6.06. The van der Waals surface area contributed by atoms with E-state index in [-0.39, 0.29) is 5.82 Å². The summed E-state index contributed by atoms with van der Waals surface area (Å²) in [5, 5.41) is 0. The van der Waals surface area contributed by atoms with Gasteiger partial charge in [-0.2, -0.15) is 0 Å². The molecule has 0 spiro atoms. The van der Waals surface area contributed by atoms with Crippen molar-refractivity contribution in [3.8, 4) is 0 Å². The summed E-state index contributed by atoms with van der Waals surface area (Å²) < 4.78 is 0. The van der Waals surface area contributed by atoms with Gasteiger partial charge in [-0.3, -0.25) is 0 Å². The molecule has 3 rings (SSSR count).